The first-order chi connectivity index (χ1) is 5.65. The van der Waals surface area contributed by atoms with E-state index in [1.165, 1.54) is 18.2 Å². The van der Waals surface area contributed by atoms with Gasteiger partial charge in [-0.1, -0.05) is 11.6 Å². The number of rotatable bonds is 1. The summed E-state index contributed by atoms with van der Waals surface area (Å²) in [5.41, 5.74) is 2.00. The number of hydrazine groups is 1. The maximum absolute atomic E-state index is 10.9. The normalized spacial score (nSPS) is 9.50. The Morgan fingerprint density at radius 3 is 2.75 bits per heavy atom. The second-order valence-electron chi connectivity index (χ2n) is 2.13. The topological polar surface area (TPSA) is 75.3 Å². The van der Waals surface area contributed by atoms with Crippen molar-refractivity contribution >= 4 is 17.5 Å². The van der Waals surface area contributed by atoms with Crippen LogP contribution in [-0.4, -0.2) is 11.0 Å². The molecular formula is C7H7ClN2O2. The molecular weight excluding hydrogens is 180 g/mol. The average Bonchev–Trinajstić information content (AvgIpc) is 2.03. The molecule has 0 aliphatic carbocycles. The molecule has 4 N–H and O–H groups in total. The highest BCUT2D eigenvalue weighted by molar-refractivity contribution is 6.30. The Kier molecular flexibility index (Phi) is 2.52. The highest BCUT2D eigenvalue weighted by Crippen LogP contribution is 2.21. The molecule has 1 rings (SSSR count). The predicted octanol–water partition coefficient (Wildman–Crippen LogP) is 0.649. The van der Waals surface area contributed by atoms with Gasteiger partial charge in [-0.3, -0.25) is 10.2 Å². The van der Waals surface area contributed by atoms with Crippen LogP contribution in [0.15, 0.2) is 18.2 Å². The van der Waals surface area contributed by atoms with E-state index in [4.69, 9.17) is 17.4 Å². The number of halogens is 1. The molecule has 0 atom stereocenters. The lowest BCUT2D eigenvalue weighted by Gasteiger charge is -2.01. The van der Waals surface area contributed by atoms with Gasteiger partial charge >= 0.3 is 0 Å². The summed E-state index contributed by atoms with van der Waals surface area (Å²) in [6.45, 7) is 0. The lowest BCUT2D eigenvalue weighted by atomic mass is 10.2. The number of phenols is 1. The van der Waals surface area contributed by atoms with Crippen LogP contribution in [0, 0.1) is 0 Å². The van der Waals surface area contributed by atoms with Gasteiger partial charge in [0, 0.05) is 5.02 Å². The van der Waals surface area contributed by atoms with Gasteiger partial charge in [0.1, 0.15) is 5.75 Å². The monoisotopic (exact) mass is 186 g/mol. The van der Waals surface area contributed by atoms with E-state index >= 15 is 0 Å². The molecule has 0 spiro atoms. The van der Waals surface area contributed by atoms with Crippen molar-refractivity contribution in [3.8, 4) is 5.75 Å². The summed E-state index contributed by atoms with van der Waals surface area (Å²) in [6.07, 6.45) is 0. The summed E-state index contributed by atoms with van der Waals surface area (Å²) >= 11 is 5.54. The number of hydrogen-bond acceptors (Lipinski definition) is 3. The number of carbonyl (C=O) groups is 1. The van der Waals surface area contributed by atoms with Crippen molar-refractivity contribution in [1.82, 2.24) is 5.43 Å². The first-order valence-corrected chi connectivity index (χ1v) is 3.52. The van der Waals surface area contributed by atoms with E-state index in [9.17, 15) is 9.90 Å². The van der Waals surface area contributed by atoms with Crippen LogP contribution in [0.25, 0.3) is 0 Å². The van der Waals surface area contributed by atoms with E-state index in [-0.39, 0.29) is 11.3 Å². The summed E-state index contributed by atoms with van der Waals surface area (Å²) in [7, 11) is 0. The molecule has 12 heavy (non-hydrogen) atoms. The summed E-state index contributed by atoms with van der Waals surface area (Å²) < 4.78 is 0. The molecule has 0 heterocycles. The van der Waals surface area contributed by atoms with Crippen molar-refractivity contribution < 1.29 is 9.90 Å². The molecule has 1 aromatic rings. The fourth-order valence-corrected chi connectivity index (χ4v) is 0.941. The van der Waals surface area contributed by atoms with Crippen molar-refractivity contribution in [2.75, 3.05) is 0 Å². The Hall–Kier alpha value is -1.26. The molecule has 0 unspecified atom stereocenters. The van der Waals surface area contributed by atoms with Crippen LogP contribution in [-0.2, 0) is 0 Å². The Balaban J connectivity index is 3.09. The van der Waals surface area contributed by atoms with Crippen LogP contribution in [0.2, 0.25) is 5.02 Å². The first-order valence-electron chi connectivity index (χ1n) is 3.14. The largest absolute Gasteiger partial charge is 0.507 e. The fourth-order valence-electron chi connectivity index (χ4n) is 0.775. The number of nitrogen functional groups attached to an aromatic ring is 1. The number of nitrogens with two attached hydrogens (primary N) is 1. The number of phenolic OH excluding ortho intramolecular Hbond substituents is 1. The van der Waals surface area contributed by atoms with Crippen LogP contribution in [0.4, 0.5) is 0 Å². The minimum atomic E-state index is -0.552. The minimum Gasteiger partial charge on any atom is -0.507 e. The number of nitrogens with one attached hydrogen (secondary N) is 1. The van der Waals surface area contributed by atoms with Crippen molar-refractivity contribution in [2.45, 2.75) is 0 Å². The highest BCUT2D eigenvalue weighted by atomic mass is 35.5. The lowest BCUT2D eigenvalue weighted by Crippen LogP contribution is -2.29. The van der Waals surface area contributed by atoms with Crippen molar-refractivity contribution in [3.05, 3.63) is 28.8 Å². The molecule has 0 aromatic heterocycles. The number of hydrogen-bond donors (Lipinski definition) is 3. The SMILES string of the molecule is NNC(=O)c1ccc(Cl)cc1O. The van der Waals surface area contributed by atoms with Gasteiger partial charge in [0.05, 0.1) is 5.56 Å². The first kappa shape index (κ1) is 8.83. The summed E-state index contributed by atoms with van der Waals surface area (Å²) in [4.78, 5) is 10.9. The Morgan fingerprint density at radius 1 is 1.58 bits per heavy atom. The zero-order chi connectivity index (χ0) is 9.14. The fraction of sp³-hybridized carbons (Fsp3) is 0. The maximum atomic E-state index is 10.9. The van der Waals surface area contributed by atoms with Crippen LogP contribution >= 0.6 is 11.6 Å². The van der Waals surface area contributed by atoms with E-state index < -0.39 is 5.91 Å². The number of aromatic hydroxyl groups is 1. The van der Waals surface area contributed by atoms with Gasteiger partial charge in [-0.05, 0) is 18.2 Å². The van der Waals surface area contributed by atoms with Gasteiger partial charge in [-0.15, -0.1) is 0 Å². The molecule has 0 fully saturated rings. The molecule has 1 aromatic carbocycles. The van der Waals surface area contributed by atoms with Gasteiger partial charge in [0.25, 0.3) is 5.91 Å². The molecule has 0 saturated carbocycles. The molecule has 5 heteroatoms. The molecule has 0 aliphatic rings. The quantitative estimate of drug-likeness (QED) is 0.343. The van der Waals surface area contributed by atoms with E-state index in [0.717, 1.165) is 0 Å². The van der Waals surface area contributed by atoms with Gasteiger partial charge in [-0.2, -0.15) is 0 Å². The molecule has 0 aliphatic heterocycles. The zero-order valence-electron chi connectivity index (χ0n) is 6.04. The smallest absolute Gasteiger partial charge is 0.268 e. The molecule has 0 saturated heterocycles. The highest BCUT2D eigenvalue weighted by Gasteiger charge is 2.08. The molecule has 0 radical (unpaired) electrons. The van der Waals surface area contributed by atoms with E-state index in [1.54, 1.807) is 0 Å². The van der Waals surface area contributed by atoms with Crippen LogP contribution < -0.4 is 11.3 Å². The zero-order valence-corrected chi connectivity index (χ0v) is 6.80. The minimum absolute atomic E-state index is 0.0990. The Morgan fingerprint density at radius 2 is 2.25 bits per heavy atom. The third kappa shape index (κ3) is 1.66. The van der Waals surface area contributed by atoms with Crippen molar-refractivity contribution in [1.29, 1.82) is 0 Å². The van der Waals surface area contributed by atoms with Crippen LogP contribution in [0.1, 0.15) is 10.4 Å². The Bertz CT molecular complexity index is 314. The molecule has 64 valence electrons. The van der Waals surface area contributed by atoms with Gasteiger partial charge < -0.3 is 5.11 Å². The summed E-state index contributed by atoms with van der Waals surface area (Å²) in [5.74, 6) is 4.13. The lowest BCUT2D eigenvalue weighted by molar-refractivity contribution is 0.0951. The number of amides is 1. The number of benzene rings is 1. The molecule has 4 nitrogen and oxygen atoms in total. The number of carbonyl (C=O) groups excluding carboxylic acids is 1. The van der Waals surface area contributed by atoms with Gasteiger partial charge in [-0.25, -0.2) is 5.84 Å². The molecule has 1 amide bonds. The average molecular weight is 187 g/mol. The van der Waals surface area contributed by atoms with Gasteiger partial charge in [0.15, 0.2) is 0 Å². The second-order valence-corrected chi connectivity index (χ2v) is 2.57. The van der Waals surface area contributed by atoms with Crippen LogP contribution in [0.5, 0.6) is 5.75 Å². The van der Waals surface area contributed by atoms with Crippen LogP contribution in [0.3, 0.4) is 0 Å². The maximum Gasteiger partial charge on any atom is 0.268 e. The summed E-state index contributed by atoms with van der Waals surface area (Å²) in [5, 5.41) is 9.55. The van der Waals surface area contributed by atoms with E-state index in [1.807, 2.05) is 5.43 Å². The predicted molar refractivity (Wildman–Crippen MR) is 44.8 cm³/mol. The van der Waals surface area contributed by atoms with Crippen molar-refractivity contribution in [2.24, 2.45) is 5.84 Å². The standard InChI is InChI=1S/C7H7ClN2O2/c8-4-1-2-5(6(11)3-4)7(12)10-9/h1-3,11H,9H2,(H,10,12). The summed E-state index contributed by atoms with van der Waals surface area (Å²) in [6, 6.07) is 4.15. The molecule has 0 bridgehead atoms. The van der Waals surface area contributed by atoms with Gasteiger partial charge in [0.2, 0.25) is 0 Å². The van der Waals surface area contributed by atoms with Crippen molar-refractivity contribution in [3.63, 3.8) is 0 Å². The third-order valence-electron chi connectivity index (χ3n) is 1.34. The third-order valence-corrected chi connectivity index (χ3v) is 1.57. The van der Waals surface area contributed by atoms with E-state index in [2.05, 4.69) is 0 Å². The van der Waals surface area contributed by atoms with E-state index in [0.29, 0.717) is 5.02 Å². The second kappa shape index (κ2) is 3.42. The Labute approximate surface area is 73.9 Å².